The number of sulfonamides is 1. The average Bonchev–Trinajstić information content (AvgIpc) is 2.52. The van der Waals surface area contributed by atoms with Gasteiger partial charge in [-0.1, -0.05) is 24.6 Å². The van der Waals surface area contributed by atoms with E-state index in [0.29, 0.717) is 6.54 Å². The third-order valence-corrected chi connectivity index (χ3v) is 6.07. The maximum Gasteiger partial charge on any atom is 0.216 e. The molecule has 2 aromatic rings. The SMILES string of the molecule is CC(C)(C)S(=O)(=O)NCCCCCNc1cnc2ccccc2c1. The highest BCUT2D eigenvalue weighted by molar-refractivity contribution is 7.90. The van der Waals surface area contributed by atoms with Crippen molar-refractivity contribution in [1.29, 1.82) is 0 Å². The third-order valence-electron chi connectivity index (χ3n) is 3.87. The lowest BCUT2D eigenvalue weighted by atomic mass is 10.2. The largest absolute Gasteiger partial charge is 0.384 e. The first kappa shape index (κ1) is 18.7. The molecule has 0 atom stereocenters. The monoisotopic (exact) mass is 349 g/mol. The van der Waals surface area contributed by atoms with Gasteiger partial charge in [0.25, 0.3) is 0 Å². The second-order valence-electron chi connectivity index (χ2n) is 6.91. The fraction of sp³-hybridized carbons (Fsp3) is 0.500. The Morgan fingerprint density at radius 2 is 1.75 bits per heavy atom. The number of benzene rings is 1. The molecule has 0 fully saturated rings. The summed E-state index contributed by atoms with van der Waals surface area (Å²) in [7, 11) is -3.23. The number of aromatic nitrogens is 1. The Labute approximate surface area is 144 Å². The molecule has 0 aliphatic heterocycles. The Bertz CT molecular complexity index is 767. The lowest BCUT2D eigenvalue weighted by Crippen LogP contribution is -2.39. The van der Waals surface area contributed by atoms with Crippen molar-refractivity contribution >= 4 is 26.6 Å². The molecule has 0 aliphatic rings. The summed E-state index contributed by atoms with van der Waals surface area (Å²) >= 11 is 0. The van der Waals surface area contributed by atoms with Crippen molar-refractivity contribution in [1.82, 2.24) is 9.71 Å². The number of hydrogen-bond acceptors (Lipinski definition) is 4. The van der Waals surface area contributed by atoms with Crippen molar-refractivity contribution < 1.29 is 8.42 Å². The molecule has 2 rings (SSSR count). The molecule has 2 N–H and O–H groups in total. The van der Waals surface area contributed by atoms with Gasteiger partial charge in [0, 0.05) is 18.5 Å². The molecular weight excluding hydrogens is 322 g/mol. The summed E-state index contributed by atoms with van der Waals surface area (Å²) in [5, 5.41) is 4.49. The maximum atomic E-state index is 11.9. The molecule has 5 nitrogen and oxygen atoms in total. The Morgan fingerprint density at radius 3 is 2.50 bits per heavy atom. The highest BCUT2D eigenvalue weighted by atomic mass is 32.2. The summed E-state index contributed by atoms with van der Waals surface area (Å²) in [6.07, 6.45) is 4.65. The maximum absolute atomic E-state index is 11.9. The minimum absolute atomic E-state index is 0.497. The van der Waals surface area contributed by atoms with Crippen LogP contribution in [-0.4, -0.2) is 31.2 Å². The summed E-state index contributed by atoms with van der Waals surface area (Å²) in [6, 6.07) is 10.1. The molecule has 0 bridgehead atoms. The van der Waals surface area contributed by atoms with E-state index in [4.69, 9.17) is 0 Å². The highest BCUT2D eigenvalue weighted by Crippen LogP contribution is 2.16. The van der Waals surface area contributed by atoms with E-state index in [1.807, 2.05) is 24.4 Å². The van der Waals surface area contributed by atoms with E-state index < -0.39 is 14.8 Å². The van der Waals surface area contributed by atoms with E-state index in [1.165, 1.54) is 0 Å². The van der Waals surface area contributed by atoms with Crippen molar-refractivity contribution in [3.8, 4) is 0 Å². The molecule has 0 aliphatic carbocycles. The lowest BCUT2D eigenvalue weighted by Gasteiger charge is -2.19. The van der Waals surface area contributed by atoms with E-state index in [-0.39, 0.29) is 0 Å². The van der Waals surface area contributed by atoms with Gasteiger partial charge in [0.15, 0.2) is 0 Å². The average molecular weight is 350 g/mol. The van der Waals surface area contributed by atoms with E-state index in [0.717, 1.165) is 42.4 Å². The summed E-state index contributed by atoms with van der Waals surface area (Å²) < 4.78 is 25.7. The number of pyridine rings is 1. The summed E-state index contributed by atoms with van der Waals surface area (Å²) in [4.78, 5) is 4.42. The molecular formula is C18H27N3O2S. The predicted molar refractivity (Wildman–Crippen MR) is 101 cm³/mol. The zero-order chi connectivity index (χ0) is 17.6. The molecule has 1 aromatic carbocycles. The topological polar surface area (TPSA) is 71.1 Å². The van der Waals surface area contributed by atoms with Crippen molar-refractivity contribution in [3.05, 3.63) is 36.5 Å². The fourth-order valence-corrected chi connectivity index (χ4v) is 3.10. The lowest BCUT2D eigenvalue weighted by molar-refractivity contribution is 0.540. The van der Waals surface area contributed by atoms with Crippen molar-refractivity contribution in [3.63, 3.8) is 0 Å². The zero-order valence-corrected chi connectivity index (χ0v) is 15.5. The molecule has 1 heterocycles. The normalized spacial score (nSPS) is 12.5. The van der Waals surface area contributed by atoms with Crippen LogP contribution in [0.2, 0.25) is 0 Å². The molecule has 6 heteroatoms. The second kappa shape index (κ2) is 7.94. The number of unbranched alkanes of at least 4 members (excludes halogenated alkanes) is 2. The minimum atomic E-state index is -3.23. The number of rotatable bonds is 8. The number of anilines is 1. The van der Waals surface area contributed by atoms with Crippen LogP contribution in [0.25, 0.3) is 10.9 Å². The van der Waals surface area contributed by atoms with Gasteiger partial charge in [-0.05, 0) is 45.7 Å². The number of fused-ring (bicyclic) bond motifs is 1. The Balaban J connectivity index is 1.66. The fourth-order valence-electron chi connectivity index (χ4n) is 2.25. The Hall–Kier alpha value is -1.66. The number of para-hydroxylation sites is 1. The van der Waals surface area contributed by atoms with Gasteiger partial charge < -0.3 is 5.32 Å². The van der Waals surface area contributed by atoms with E-state index in [9.17, 15) is 8.42 Å². The first-order valence-electron chi connectivity index (χ1n) is 8.37. The van der Waals surface area contributed by atoms with Crippen LogP contribution in [0.4, 0.5) is 5.69 Å². The van der Waals surface area contributed by atoms with Crippen LogP contribution >= 0.6 is 0 Å². The van der Waals surface area contributed by atoms with Crippen molar-refractivity contribution in [2.24, 2.45) is 0 Å². The van der Waals surface area contributed by atoms with E-state index in [1.54, 1.807) is 20.8 Å². The first-order chi connectivity index (χ1) is 11.3. The van der Waals surface area contributed by atoms with Crippen LogP contribution in [0, 0.1) is 0 Å². The third kappa shape index (κ3) is 5.18. The van der Waals surface area contributed by atoms with Crippen molar-refractivity contribution in [2.75, 3.05) is 18.4 Å². The van der Waals surface area contributed by atoms with Gasteiger partial charge in [-0.2, -0.15) is 0 Å². The number of nitrogens with zero attached hydrogens (tertiary/aromatic N) is 1. The zero-order valence-electron chi connectivity index (χ0n) is 14.7. The van der Waals surface area contributed by atoms with Crippen LogP contribution in [0.5, 0.6) is 0 Å². The van der Waals surface area contributed by atoms with Crippen LogP contribution in [-0.2, 0) is 10.0 Å². The molecule has 0 amide bonds. The molecule has 1 aromatic heterocycles. The second-order valence-corrected chi connectivity index (χ2v) is 9.43. The van der Waals surface area contributed by atoms with Crippen LogP contribution in [0.3, 0.4) is 0 Å². The van der Waals surface area contributed by atoms with Crippen LogP contribution in [0.1, 0.15) is 40.0 Å². The Morgan fingerprint density at radius 1 is 1.04 bits per heavy atom. The highest BCUT2D eigenvalue weighted by Gasteiger charge is 2.27. The van der Waals surface area contributed by atoms with Gasteiger partial charge in [0.05, 0.1) is 22.1 Å². The van der Waals surface area contributed by atoms with Gasteiger partial charge in [-0.3, -0.25) is 4.98 Å². The van der Waals surface area contributed by atoms with E-state index >= 15 is 0 Å². The molecule has 0 radical (unpaired) electrons. The summed E-state index contributed by atoms with van der Waals surface area (Å²) in [6.45, 7) is 6.47. The number of nitrogens with one attached hydrogen (secondary N) is 2. The Kier molecular flexibility index (Phi) is 6.18. The van der Waals surface area contributed by atoms with Gasteiger partial charge in [0.2, 0.25) is 10.0 Å². The van der Waals surface area contributed by atoms with Gasteiger partial charge in [-0.15, -0.1) is 0 Å². The molecule has 0 saturated heterocycles. The first-order valence-corrected chi connectivity index (χ1v) is 9.86. The molecule has 0 saturated carbocycles. The molecule has 24 heavy (non-hydrogen) atoms. The molecule has 0 unspecified atom stereocenters. The minimum Gasteiger partial charge on any atom is -0.384 e. The quantitative estimate of drug-likeness (QED) is 0.715. The predicted octanol–water partition coefficient (Wildman–Crippen LogP) is 3.53. The van der Waals surface area contributed by atoms with Crippen LogP contribution in [0.15, 0.2) is 36.5 Å². The van der Waals surface area contributed by atoms with E-state index in [2.05, 4.69) is 27.2 Å². The van der Waals surface area contributed by atoms with Gasteiger partial charge >= 0.3 is 0 Å². The summed E-state index contributed by atoms with van der Waals surface area (Å²) in [5.74, 6) is 0. The van der Waals surface area contributed by atoms with Crippen molar-refractivity contribution in [2.45, 2.75) is 44.8 Å². The molecule has 0 spiro atoms. The summed E-state index contributed by atoms with van der Waals surface area (Å²) in [5.41, 5.74) is 2.01. The standard InChI is InChI=1S/C18H27N3O2S/c1-18(2,3)24(22,23)21-12-8-4-7-11-19-16-13-15-9-5-6-10-17(15)20-14-16/h5-6,9-10,13-14,19,21H,4,7-8,11-12H2,1-3H3. The van der Waals surface area contributed by atoms with Crippen LogP contribution < -0.4 is 10.0 Å². The number of hydrogen-bond donors (Lipinski definition) is 2. The van der Waals surface area contributed by atoms with Gasteiger partial charge in [0.1, 0.15) is 0 Å². The smallest absolute Gasteiger partial charge is 0.216 e. The molecule has 132 valence electrons. The van der Waals surface area contributed by atoms with Gasteiger partial charge in [-0.25, -0.2) is 13.1 Å².